The first kappa shape index (κ1) is 16.6. The number of hydrogen-bond acceptors (Lipinski definition) is 3. The van der Waals surface area contributed by atoms with Gasteiger partial charge in [-0.15, -0.1) is 0 Å². The van der Waals surface area contributed by atoms with Crippen molar-refractivity contribution in [2.45, 2.75) is 25.2 Å². The Bertz CT molecular complexity index is 883. The van der Waals surface area contributed by atoms with E-state index in [1.165, 1.54) is 0 Å². The number of nitrogens with zero attached hydrogens (tertiary/aromatic N) is 4. The van der Waals surface area contributed by atoms with Crippen molar-refractivity contribution in [1.29, 1.82) is 0 Å². The third-order valence-corrected chi connectivity index (χ3v) is 4.95. The highest BCUT2D eigenvalue weighted by Gasteiger charge is 2.26. The smallest absolute Gasteiger partial charge is 0.227 e. The number of aromatic amines is 1. The molecular weight excluding hydrogens is 326 g/mol. The van der Waals surface area contributed by atoms with E-state index in [0.717, 1.165) is 48.6 Å². The zero-order valence-corrected chi connectivity index (χ0v) is 14.9. The molecule has 134 valence electrons. The number of imidazole rings is 1. The molecule has 1 fully saturated rings. The minimum Gasteiger partial charge on any atom is -0.342 e. The van der Waals surface area contributed by atoms with Crippen LogP contribution in [0.5, 0.6) is 0 Å². The standard InChI is InChI=1S/C20H23N5O/c1-24-13-15(11-22-24)10-19(26)25-9-5-8-17(14-25)20-21-12-18(23-20)16-6-3-2-4-7-16/h2-4,6-7,11-13,17H,5,8-10,14H2,1H3,(H,21,23)/t17-/m0/s1. The van der Waals surface area contributed by atoms with Crippen molar-refractivity contribution in [3.8, 4) is 11.3 Å². The Kier molecular flexibility index (Phi) is 4.56. The van der Waals surface area contributed by atoms with Crippen molar-refractivity contribution in [3.63, 3.8) is 0 Å². The van der Waals surface area contributed by atoms with Crippen LogP contribution in [0.4, 0.5) is 0 Å². The van der Waals surface area contributed by atoms with Gasteiger partial charge in [0.15, 0.2) is 0 Å². The van der Waals surface area contributed by atoms with Gasteiger partial charge in [-0.3, -0.25) is 9.48 Å². The molecule has 0 unspecified atom stereocenters. The average Bonchev–Trinajstić information content (AvgIpc) is 3.32. The summed E-state index contributed by atoms with van der Waals surface area (Å²) >= 11 is 0. The lowest BCUT2D eigenvalue weighted by Crippen LogP contribution is -2.40. The van der Waals surface area contributed by atoms with Gasteiger partial charge in [0, 0.05) is 32.3 Å². The van der Waals surface area contributed by atoms with Crippen LogP contribution in [-0.2, 0) is 18.3 Å². The fourth-order valence-corrected chi connectivity index (χ4v) is 3.58. The first-order chi connectivity index (χ1) is 12.7. The van der Waals surface area contributed by atoms with E-state index in [0.29, 0.717) is 6.42 Å². The van der Waals surface area contributed by atoms with Gasteiger partial charge in [0.2, 0.25) is 5.91 Å². The number of aryl methyl sites for hydroxylation is 1. The molecule has 1 aliphatic rings. The van der Waals surface area contributed by atoms with Gasteiger partial charge in [-0.25, -0.2) is 4.98 Å². The summed E-state index contributed by atoms with van der Waals surface area (Å²) in [6.07, 6.45) is 8.02. The molecule has 1 aliphatic heterocycles. The number of aromatic nitrogens is 4. The summed E-state index contributed by atoms with van der Waals surface area (Å²) in [5.41, 5.74) is 3.12. The second-order valence-corrected chi connectivity index (χ2v) is 6.93. The minimum absolute atomic E-state index is 0.164. The van der Waals surface area contributed by atoms with Gasteiger partial charge >= 0.3 is 0 Å². The highest BCUT2D eigenvalue weighted by atomic mass is 16.2. The Balaban J connectivity index is 1.43. The molecule has 4 rings (SSSR count). The Hall–Kier alpha value is -2.89. The number of carbonyl (C=O) groups excluding carboxylic acids is 1. The van der Waals surface area contributed by atoms with Crippen LogP contribution in [-0.4, -0.2) is 43.6 Å². The molecular formula is C20H23N5O. The molecule has 2 aromatic heterocycles. The van der Waals surface area contributed by atoms with E-state index in [9.17, 15) is 4.79 Å². The van der Waals surface area contributed by atoms with Gasteiger partial charge in [-0.1, -0.05) is 30.3 Å². The van der Waals surface area contributed by atoms with Crippen LogP contribution in [0.25, 0.3) is 11.3 Å². The van der Waals surface area contributed by atoms with E-state index in [4.69, 9.17) is 0 Å². The summed E-state index contributed by atoms with van der Waals surface area (Å²) in [5, 5.41) is 4.14. The lowest BCUT2D eigenvalue weighted by Gasteiger charge is -2.32. The van der Waals surface area contributed by atoms with Gasteiger partial charge in [0.05, 0.1) is 24.5 Å². The summed E-state index contributed by atoms with van der Waals surface area (Å²) in [6.45, 7) is 1.54. The van der Waals surface area contributed by atoms with Crippen LogP contribution in [0.2, 0.25) is 0 Å². The first-order valence-electron chi connectivity index (χ1n) is 9.04. The summed E-state index contributed by atoms with van der Waals surface area (Å²) in [7, 11) is 1.87. The molecule has 3 aromatic rings. The molecule has 1 saturated heterocycles. The molecule has 1 N–H and O–H groups in total. The average molecular weight is 349 g/mol. The van der Waals surface area contributed by atoms with Crippen molar-refractivity contribution < 1.29 is 4.79 Å². The van der Waals surface area contributed by atoms with Crippen molar-refractivity contribution in [2.75, 3.05) is 13.1 Å². The van der Waals surface area contributed by atoms with Crippen molar-refractivity contribution >= 4 is 5.91 Å². The van der Waals surface area contributed by atoms with Gasteiger partial charge in [-0.05, 0) is 24.0 Å². The fourth-order valence-electron chi connectivity index (χ4n) is 3.58. The number of benzene rings is 1. The molecule has 6 heteroatoms. The number of carbonyl (C=O) groups is 1. The predicted octanol–water partition coefficient (Wildman–Crippen LogP) is 2.76. The second kappa shape index (κ2) is 7.15. The van der Waals surface area contributed by atoms with Crippen LogP contribution >= 0.6 is 0 Å². The van der Waals surface area contributed by atoms with Crippen LogP contribution in [0, 0.1) is 0 Å². The molecule has 0 radical (unpaired) electrons. The van der Waals surface area contributed by atoms with E-state index < -0.39 is 0 Å². The van der Waals surface area contributed by atoms with Gasteiger partial charge in [0.25, 0.3) is 0 Å². The topological polar surface area (TPSA) is 66.8 Å². The van der Waals surface area contributed by atoms with Gasteiger partial charge in [-0.2, -0.15) is 5.10 Å². The number of amides is 1. The number of nitrogens with one attached hydrogen (secondary N) is 1. The van der Waals surface area contributed by atoms with Crippen molar-refractivity contribution in [1.82, 2.24) is 24.6 Å². The Morgan fingerprint density at radius 2 is 2.12 bits per heavy atom. The third kappa shape index (κ3) is 3.54. The molecule has 6 nitrogen and oxygen atoms in total. The zero-order chi connectivity index (χ0) is 17.9. The molecule has 0 bridgehead atoms. The SMILES string of the molecule is Cn1cc(CC(=O)N2CCC[C@H](c3ncc(-c4ccccc4)[nH]3)C2)cn1. The maximum Gasteiger partial charge on any atom is 0.227 e. The summed E-state index contributed by atoms with van der Waals surface area (Å²) in [4.78, 5) is 22.6. The van der Waals surface area contributed by atoms with E-state index in [1.807, 2.05) is 42.5 Å². The molecule has 0 saturated carbocycles. The highest BCUT2D eigenvalue weighted by molar-refractivity contribution is 5.78. The van der Waals surface area contributed by atoms with Crippen LogP contribution in [0.15, 0.2) is 48.9 Å². The zero-order valence-electron chi connectivity index (χ0n) is 14.9. The number of H-pyrrole nitrogens is 1. The number of likely N-dealkylation sites (tertiary alicyclic amines) is 1. The maximum absolute atomic E-state index is 12.6. The molecule has 1 atom stereocenters. The number of rotatable bonds is 4. The molecule has 0 aliphatic carbocycles. The van der Waals surface area contributed by atoms with Crippen LogP contribution < -0.4 is 0 Å². The summed E-state index contributed by atoms with van der Waals surface area (Å²) < 4.78 is 1.73. The maximum atomic E-state index is 12.6. The van der Waals surface area contributed by atoms with E-state index in [-0.39, 0.29) is 11.8 Å². The van der Waals surface area contributed by atoms with E-state index in [2.05, 4.69) is 27.2 Å². The molecule has 26 heavy (non-hydrogen) atoms. The summed E-state index contributed by atoms with van der Waals surface area (Å²) in [5.74, 6) is 1.40. The lowest BCUT2D eigenvalue weighted by molar-refractivity contribution is -0.131. The first-order valence-corrected chi connectivity index (χ1v) is 9.04. The highest BCUT2D eigenvalue weighted by Crippen LogP contribution is 2.27. The van der Waals surface area contributed by atoms with Gasteiger partial charge < -0.3 is 9.88 Å². The number of piperidine rings is 1. The Labute approximate surface area is 152 Å². The Morgan fingerprint density at radius 1 is 1.27 bits per heavy atom. The van der Waals surface area contributed by atoms with Crippen LogP contribution in [0.1, 0.15) is 30.1 Å². The minimum atomic E-state index is 0.164. The monoisotopic (exact) mass is 349 g/mol. The largest absolute Gasteiger partial charge is 0.342 e. The summed E-state index contributed by atoms with van der Waals surface area (Å²) in [6, 6.07) is 10.2. The number of hydrogen-bond donors (Lipinski definition) is 1. The predicted molar refractivity (Wildman–Crippen MR) is 99.5 cm³/mol. The second-order valence-electron chi connectivity index (χ2n) is 6.93. The normalized spacial score (nSPS) is 17.4. The quantitative estimate of drug-likeness (QED) is 0.787. The molecule has 0 spiro atoms. The van der Waals surface area contributed by atoms with E-state index in [1.54, 1.807) is 10.9 Å². The van der Waals surface area contributed by atoms with Crippen LogP contribution in [0.3, 0.4) is 0 Å². The van der Waals surface area contributed by atoms with Crippen molar-refractivity contribution in [2.24, 2.45) is 7.05 Å². The molecule has 1 amide bonds. The Morgan fingerprint density at radius 3 is 2.88 bits per heavy atom. The third-order valence-electron chi connectivity index (χ3n) is 4.95. The fraction of sp³-hybridized carbons (Fsp3) is 0.350. The molecule has 3 heterocycles. The molecule has 1 aromatic carbocycles. The van der Waals surface area contributed by atoms with Crippen molar-refractivity contribution in [3.05, 3.63) is 60.3 Å². The van der Waals surface area contributed by atoms with E-state index >= 15 is 0 Å². The lowest BCUT2D eigenvalue weighted by atomic mass is 9.97. The van der Waals surface area contributed by atoms with Gasteiger partial charge in [0.1, 0.15) is 5.82 Å².